The van der Waals surface area contributed by atoms with E-state index in [1.165, 1.54) is 12.8 Å². The normalized spacial score (nSPS) is 25.0. The lowest BCUT2D eigenvalue weighted by atomic mass is 9.91. The predicted molar refractivity (Wildman–Crippen MR) is 92.5 cm³/mol. The molecule has 1 aliphatic carbocycles. The van der Waals surface area contributed by atoms with Gasteiger partial charge >= 0.3 is 0 Å². The number of rotatable bonds is 5. The average molecular weight is 356 g/mol. The second kappa shape index (κ2) is 6.19. The van der Waals surface area contributed by atoms with Crippen molar-refractivity contribution < 1.29 is 9.53 Å². The van der Waals surface area contributed by atoms with Gasteiger partial charge in [0.15, 0.2) is 11.6 Å². The van der Waals surface area contributed by atoms with Gasteiger partial charge in [0.25, 0.3) is 5.91 Å². The highest BCUT2D eigenvalue weighted by atomic mass is 16.5. The number of ether oxygens (including phenoxy) is 1. The van der Waals surface area contributed by atoms with Crippen molar-refractivity contribution in [3.8, 4) is 0 Å². The number of nitrogens with zero attached hydrogens (tertiary/aromatic N) is 5. The van der Waals surface area contributed by atoms with Crippen molar-refractivity contribution in [1.29, 1.82) is 0 Å². The Morgan fingerprint density at radius 2 is 2.23 bits per heavy atom. The molecule has 4 heterocycles. The van der Waals surface area contributed by atoms with Gasteiger partial charge in [-0.3, -0.25) is 9.89 Å². The highest BCUT2D eigenvalue weighted by molar-refractivity contribution is 5.92. The fourth-order valence-corrected chi connectivity index (χ4v) is 4.47. The van der Waals surface area contributed by atoms with Gasteiger partial charge in [-0.05, 0) is 31.1 Å². The fraction of sp³-hybridized carbons (Fsp3) is 0.667. The summed E-state index contributed by atoms with van der Waals surface area (Å²) in [7, 11) is 1.65. The minimum Gasteiger partial charge on any atom is -0.377 e. The second-order valence-corrected chi connectivity index (χ2v) is 7.73. The summed E-state index contributed by atoms with van der Waals surface area (Å²) in [6.45, 7) is 2.86. The van der Waals surface area contributed by atoms with Crippen LogP contribution < -0.4 is 0 Å². The molecule has 0 bridgehead atoms. The Morgan fingerprint density at radius 3 is 3.00 bits per heavy atom. The Balaban J connectivity index is 1.36. The molecule has 1 amide bonds. The van der Waals surface area contributed by atoms with Crippen molar-refractivity contribution in [2.75, 3.05) is 20.2 Å². The van der Waals surface area contributed by atoms with Crippen LogP contribution in [0.5, 0.6) is 0 Å². The van der Waals surface area contributed by atoms with Crippen LogP contribution in [0.3, 0.4) is 0 Å². The van der Waals surface area contributed by atoms with E-state index in [0.29, 0.717) is 30.7 Å². The Kier molecular flexibility index (Phi) is 3.81. The maximum absolute atomic E-state index is 13.0. The monoisotopic (exact) mass is 356 g/mol. The number of nitrogens with one attached hydrogen (secondary N) is 1. The summed E-state index contributed by atoms with van der Waals surface area (Å²) in [6, 6.07) is 0. The first-order chi connectivity index (χ1) is 12.7. The van der Waals surface area contributed by atoms with Crippen LogP contribution in [0, 0.1) is 11.8 Å². The molecule has 1 N–H and O–H groups in total. The summed E-state index contributed by atoms with van der Waals surface area (Å²) in [5.41, 5.74) is 0.588. The molecule has 2 aromatic heterocycles. The minimum atomic E-state index is 0.0488. The van der Waals surface area contributed by atoms with Crippen LogP contribution in [0.15, 0.2) is 6.20 Å². The number of hydrogen-bond acceptors (Lipinski definition) is 5. The molecule has 0 radical (unpaired) electrons. The summed E-state index contributed by atoms with van der Waals surface area (Å²) in [6.07, 6.45) is 6.52. The smallest absolute Gasteiger partial charge is 0.274 e. The third-order valence-corrected chi connectivity index (χ3v) is 5.92. The molecule has 5 rings (SSSR count). The van der Waals surface area contributed by atoms with E-state index in [1.54, 1.807) is 7.11 Å². The van der Waals surface area contributed by atoms with Gasteiger partial charge in [-0.25, -0.2) is 9.97 Å². The van der Waals surface area contributed by atoms with E-state index >= 15 is 0 Å². The number of amides is 1. The molecule has 26 heavy (non-hydrogen) atoms. The molecular weight excluding hydrogens is 332 g/mol. The highest BCUT2D eigenvalue weighted by Crippen LogP contribution is 2.47. The molecule has 138 valence electrons. The lowest BCUT2D eigenvalue weighted by molar-refractivity contribution is 0.0779. The molecular formula is C18H24N6O2. The number of aromatic nitrogens is 5. The number of aromatic amines is 1. The molecule has 8 heteroatoms. The zero-order valence-electron chi connectivity index (χ0n) is 15.0. The fourth-order valence-electron chi connectivity index (χ4n) is 4.47. The predicted octanol–water partition coefficient (Wildman–Crippen LogP) is 1.36. The average Bonchev–Trinajstić information content (AvgIpc) is 3.02. The number of hydrogen-bond donors (Lipinski definition) is 1. The zero-order chi connectivity index (χ0) is 17.7. The summed E-state index contributed by atoms with van der Waals surface area (Å²) in [4.78, 5) is 24.1. The van der Waals surface area contributed by atoms with E-state index in [1.807, 2.05) is 11.1 Å². The van der Waals surface area contributed by atoms with Gasteiger partial charge in [0, 0.05) is 45.3 Å². The SMILES string of the molecule is COCc1nc([C@H]2CN(C(=O)c3cn4c(n3)CCC4)C[C@@H]2C2CC2)n[nH]1. The van der Waals surface area contributed by atoms with E-state index in [-0.39, 0.29) is 11.8 Å². The van der Waals surface area contributed by atoms with Gasteiger partial charge in [-0.1, -0.05) is 0 Å². The number of imidazole rings is 1. The Morgan fingerprint density at radius 1 is 1.35 bits per heavy atom. The first-order valence-corrected chi connectivity index (χ1v) is 9.48. The number of H-pyrrole nitrogens is 1. The summed E-state index contributed by atoms with van der Waals surface area (Å²) < 4.78 is 7.24. The van der Waals surface area contributed by atoms with Gasteiger partial charge in [0.1, 0.15) is 18.1 Å². The minimum absolute atomic E-state index is 0.0488. The van der Waals surface area contributed by atoms with Crippen molar-refractivity contribution in [1.82, 2.24) is 29.6 Å². The van der Waals surface area contributed by atoms with Crippen molar-refractivity contribution in [2.24, 2.45) is 11.8 Å². The largest absolute Gasteiger partial charge is 0.377 e. The van der Waals surface area contributed by atoms with Gasteiger partial charge in [0.2, 0.25) is 0 Å². The van der Waals surface area contributed by atoms with Crippen LogP contribution in [0.25, 0.3) is 0 Å². The Hall–Kier alpha value is -2.22. The maximum atomic E-state index is 13.0. The molecule has 0 aromatic carbocycles. The second-order valence-electron chi connectivity index (χ2n) is 7.73. The van der Waals surface area contributed by atoms with Crippen LogP contribution in [-0.4, -0.2) is 55.7 Å². The van der Waals surface area contributed by atoms with Gasteiger partial charge in [0.05, 0.1) is 0 Å². The molecule has 2 atom stereocenters. The van der Waals surface area contributed by atoms with Crippen LogP contribution in [0.4, 0.5) is 0 Å². The molecule has 1 saturated heterocycles. The van der Waals surface area contributed by atoms with E-state index in [9.17, 15) is 4.79 Å². The van der Waals surface area contributed by atoms with Crippen molar-refractivity contribution in [3.05, 3.63) is 29.4 Å². The molecule has 0 unspecified atom stereocenters. The van der Waals surface area contributed by atoms with E-state index < -0.39 is 0 Å². The van der Waals surface area contributed by atoms with Gasteiger partial charge in [-0.2, -0.15) is 5.10 Å². The summed E-state index contributed by atoms with van der Waals surface area (Å²) in [5.74, 6) is 3.98. The van der Waals surface area contributed by atoms with Crippen LogP contribution in [0.1, 0.15) is 53.1 Å². The zero-order valence-corrected chi connectivity index (χ0v) is 15.0. The maximum Gasteiger partial charge on any atom is 0.274 e. The topological polar surface area (TPSA) is 88.9 Å². The van der Waals surface area contributed by atoms with E-state index in [0.717, 1.165) is 43.4 Å². The molecule has 1 saturated carbocycles. The third-order valence-electron chi connectivity index (χ3n) is 5.92. The number of fused-ring (bicyclic) bond motifs is 1. The van der Waals surface area contributed by atoms with Gasteiger partial charge in [-0.15, -0.1) is 0 Å². The van der Waals surface area contributed by atoms with Crippen LogP contribution in [0.2, 0.25) is 0 Å². The molecule has 2 aliphatic heterocycles. The highest BCUT2D eigenvalue weighted by Gasteiger charge is 2.46. The summed E-state index contributed by atoms with van der Waals surface area (Å²) in [5, 5.41) is 7.37. The van der Waals surface area contributed by atoms with Gasteiger partial charge < -0.3 is 14.2 Å². The molecule has 3 aliphatic rings. The number of carbonyl (C=O) groups excluding carboxylic acids is 1. The standard InChI is InChI=1S/C18H24N6O2/c1-26-10-15-20-17(22-21-15)13-8-24(7-12(13)11-4-5-11)18(25)14-9-23-6-2-3-16(23)19-14/h9,11-13H,2-8,10H2,1H3,(H,20,21,22)/t12-,13+/m1/s1. The lowest BCUT2D eigenvalue weighted by Crippen LogP contribution is -2.29. The Bertz CT molecular complexity index is 802. The first kappa shape index (κ1) is 16.0. The van der Waals surface area contributed by atoms with Crippen molar-refractivity contribution >= 4 is 5.91 Å². The Labute approximate surface area is 152 Å². The van der Waals surface area contributed by atoms with Crippen molar-refractivity contribution in [2.45, 2.75) is 44.8 Å². The third kappa shape index (κ3) is 2.72. The van der Waals surface area contributed by atoms with Crippen molar-refractivity contribution in [3.63, 3.8) is 0 Å². The summed E-state index contributed by atoms with van der Waals surface area (Å²) >= 11 is 0. The number of methoxy groups -OCH3 is 1. The van der Waals surface area contributed by atoms with Crippen LogP contribution in [-0.2, 0) is 24.3 Å². The molecule has 0 spiro atoms. The quantitative estimate of drug-likeness (QED) is 0.874. The first-order valence-electron chi connectivity index (χ1n) is 9.48. The number of carbonyl (C=O) groups is 1. The molecule has 2 aromatic rings. The lowest BCUT2D eigenvalue weighted by Gasteiger charge is -2.14. The van der Waals surface area contributed by atoms with Crippen LogP contribution >= 0.6 is 0 Å². The molecule has 8 nitrogen and oxygen atoms in total. The number of aryl methyl sites for hydroxylation is 2. The van der Waals surface area contributed by atoms with E-state index in [2.05, 4.69) is 24.7 Å². The molecule has 2 fully saturated rings. The number of likely N-dealkylation sites (tertiary alicyclic amines) is 1. The van der Waals surface area contributed by atoms with E-state index in [4.69, 9.17) is 4.74 Å².